The molecular formula is C21H17N3S. The van der Waals surface area contributed by atoms with E-state index < -0.39 is 0 Å². The standard InChI is InChI=1S/C21H17N3S/c1-16-9-8-14-19(15-16)24-21(25)23(18-12-6-3-7-13-18)20(22-24)17-10-4-2-5-11-17/h2-15H,1H3. The Bertz CT molecular complexity index is 1060. The highest BCUT2D eigenvalue weighted by molar-refractivity contribution is 7.71. The van der Waals surface area contributed by atoms with Gasteiger partial charge >= 0.3 is 0 Å². The summed E-state index contributed by atoms with van der Waals surface area (Å²) < 4.78 is 4.50. The molecule has 3 aromatic carbocycles. The van der Waals surface area contributed by atoms with E-state index in [1.807, 2.05) is 69.9 Å². The topological polar surface area (TPSA) is 22.8 Å². The molecule has 4 heteroatoms. The minimum absolute atomic E-state index is 0.649. The van der Waals surface area contributed by atoms with Gasteiger partial charge < -0.3 is 0 Å². The van der Waals surface area contributed by atoms with E-state index in [-0.39, 0.29) is 0 Å². The number of hydrogen-bond donors (Lipinski definition) is 0. The van der Waals surface area contributed by atoms with Crippen LogP contribution in [0.25, 0.3) is 22.8 Å². The van der Waals surface area contributed by atoms with E-state index in [1.165, 1.54) is 5.56 Å². The average Bonchev–Trinajstić information content (AvgIpc) is 3.00. The predicted molar refractivity (Wildman–Crippen MR) is 104 cm³/mol. The molecule has 0 saturated carbocycles. The smallest absolute Gasteiger partial charge is 0.207 e. The largest absolute Gasteiger partial charge is 0.268 e. The summed E-state index contributed by atoms with van der Waals surface area (Å²) >= 11 is 5.78. The number of aromatic nitrogens is 3. The highest BCUT2D eigenvalue weighted by Gasteiger charge is 2.15. The van der Waals surface area contributed by atoms with E-state index in [4.69, 9.17) is 17.3 Å². The quantitative estimate of drug-likeness (QED) is 0.467. The van der Waals surface area contributed by atoms with E-state index in [9.17, 15) is 0 Å². The van der Waals surface area contributed by atoms with Crippen LogP contribution < -0.4 is 0 Å². The maximum atomic E-state index is 5.78. The molecule has 0 aliphatic rings. The van der Waals surface area contributed by atoms with Gasteiger partial charge in [0.25, 0.3) is 0 Å². The number of aryl methyl sites for hydroxylation is 1. The van der Waals surface area contributed by atoms with Crippen LogP contribution in [0.4, 0.5) is 0 Å². The number of para-hydroxylation sites is 1. The van der Waals surface area contributed by atoms with E-state index in [0.717, 1.165) is 22.8 Å². The van der Waals surface area contributed by atoms with E-state index in [1.54, 1.807) is 0 Å². The number of rotatable bonds is 3. The van der Waals surface area contributed by atoms with Crippen molar-refractivity contribution in [2.45, 2.75) is 6.92 Å². The third-order valence-electron chi connectivity index (χ3n) is 4.07. The monoisotopic (exact) mass is 343 g/mol. The Morgan fingerprint density at radius 3 is 2.08 bits per heavy atom. The zero-order chi connectivity index (χ0) is 17.2. The summed E-state index contributed by atoms with van der Waals surface area (Å²) in [6, 6.07) is 28.5. The second-order valence-electron chi connectivity index (χ2n) is 5.89. The van der Waals surface area contributed by atoms with Gasteiger partial charge in [0, 0.05) is 11.3 Å². The highest BCUT2D eigenvalue weighted by atomic mass is 32.1. The van der Waals surface area contributed by atoms with Crippen molar-refractivity contribution >= 4 is 12.2 Å². The summed E-state index contributed by atoms with van der Waals surface area (Å²) in [6.07, 6.45) is 0. The molecule has 1 aromatic heterocycles. The van der Waals surface area contributed by atoms with Gasteiger partial charge in [-0.25, -0.2) is 4.68 Å². The van der Waals surface area contributed by atoms with Crippen molar-refractivity contribution in [2.75, 3.05) is 0 Å². The summed E-state index contributed by atoms with van der Waals surface area (Å²) in [5.41, 5.74) is 4.18. The molecule has 1 heterocycles. The lowest BCUT2D eigenvalue weighted by atomic mass is 10.2. The SMILES string of the molecule is Cc1cccc(-n2nc(-c3ccccc3)n(-c3ccccc3)c2=S)c1. The van der Waals surface area contributed by atoms with Gasteiger partial charge in [-0.05, 0) is 49.0 Å². The van der Waals surface area contributed by atoms with Crippen molar-refractivity contribution in [2.24, 2.45) is 0 Å². The van der Waals surface area contributed by atoms with E-state index in [2.05, 4.69) is 31.2 Å². The van der Waals surface area contributed by atoms with Crippen LogP contribution in [0.2, 0.25) is 0 Å². The zero-order valence-electron chi connectivity index (χ0n) is 13.8. The first-order valence-electron chi connectivity index (χ1n) is 8.14. The molecule has 0 aliphatic carbocycles. The molecule has 0 atom stereocenters. The molecule has 122 valence electrons. The molecule has 0 unspecified atom stereocenters. The van der Waals surface area contributed by atoms with Crippen LogP contribution in [0, 0.1) is 11.7 Å². The van der Waals surface area contributed by atoms with Crippen molar-refractivity contribution in [3.8, 4) is 22.8 Å². The molecule has 0 amide bonds. The van der Waals surface area contributed by atoms with Gasteiger partial charge in [0.1, 0.15) is 0 Å². The summed E-state index contributed by atoms with van der Waals surface area (Å²) in [5.74, 6) is 0.832. The second kappa shape index (κ2) is 6.49. The predicted octanol–water partition coefficient (Wildman–Crippen LogP) is 5.37. The van der Waals surface area contributed by atoms with Crippen molar-refractivity contribution in [3.05, 3.63) is 95.3 Å². The first-order valence-corrected chi connectivity index (χ1v) is 8.55. The fourth-order valence-corrected chi connectivity index (χ4v) is 3.22. The van der Waals surface area contributed by atoms with Crippen LogP contribution >= 0.6 is 12.2 Å². The van der Waals surface area contributed by atoms with Crippen LogP contribution in [-0.4, -0.2) is 14.3 Å². The Balaban J connectivity index is 2.00. The lowest BCUT2D eigenvalue weighted by molar-refractivity contribution is 0.859. The highest BCUT2D eigenvalue weighted by Crippen LogP contribution is 2.24. The molecule has 4 aromatic rings. The Morgan fingerprint density at radius 2 is 1.40 bits per heavy atom. The summed E-state index contributed by atoms with van der Waals surface area (Å²) in [4.78, 5) is 0. The van der Waals surface area contributed by atoms with E-state index in [0.29, 0.717) is 4.77 Å². The minimum atomic E-state index is 0.649. The zero-order valence-corrected chi connectivity index (χ0v) is 14.6. The molecule has 3 nitrogen and oxygen atoms in total. The van der Waals surface area contributed by atoms with Crippen LogP contribution in [0.15, 0.2) is 84.9 Å². The maximum Gasteiger partial charge on any atom is 0.207 e. The van der Waals surface area contributed by atoms with Gasteiger partial charge in [0.05, 0.1) is 5.69 Å². The molecule has 0 fully saturated rings. The molecule has 0 radical (unpaired) electrons. The third kappa shape index (κ3) is 2.92. The molecular weight excluding hydrogens is 326 g/mol. The van der Waals surface area contributed by atoms with Crippen LogP contribution in [0.1, 0.15) is 5.56 Å². The molecule has 0 saturated heterocycles. The van der Waals surface area contributed by atoms with Gasteiger partial charge in [-0.1, -0.05) is 60.7 Å². The first kappa shape index (κ1) is 15.5. The first-order chi connectivity index (χ1) is 12.2. The lowest BCUT2D eigenvalue weighted by Crippen LogP contribution is -1.99. The van der Waals surface area contributed by atoms with Gasteiger partial charge in [-0.15, -0.1) is 5.10 Å². The van der Waals surface area contributed by atoms with Gasteiger partial charge in [0.2, 0.25) is 4.77 Å². The molecule has 0 aliphatic heterocycles. The Morgan fingerprint density at radius 1 is 0.760 bits per heavy atom. The van der Waals surface area contributed by atoms with Crippen molar-refractivity contribution in [1.82, 2.24) is 14.3 Å². The normalized spacial score (nSPS) is 10.8. The molecule has 0 N–H and O–H groups in total. The van der Waals surface area contributed by atoms with Crippen LogP contribution in [0.3, 0.4) is 0 Å². The van der Waals surface area contributed by atoms with Gasteiger partial charge in [-0.2, -0.15) is 0 Å². The number of hydrogen-bond acceptors (Lipinski definition) is 2. The minimum Gasteiger partial charge on any atom is -0.268 e. The van der Waals surface area contributed by atoms with E-state index >= 15 is 0 Å². The van der Waals surface area contributed by atoms with Crippen LogP contribution in [0.5, 0.6) is 0 Å². The fraction of sp³-hybridized carbons (Fsp3) is 0.0476. The second-order valence-corrected chi connectivity index (χ2v) is 6.26. The summed E-state index contributed by atoms with van der Waals surface area (Å²) in [6.45, 7) is 2.07. The van der Waals surface area contributed by atoms with Gasteiger partial charge in [-0.3, -0.25) is 4.57 Å². The molecule has 25 heavy (non-hydrogen) atoms. The van der Waals surface area contributed by atoms with Crippen LogP contribution in [-0.2, 0) is 0 Å². The average molecular weight is 343 g/mol. The Labute approximate surface area is 151 Å². The molecule has 0 bridgehead atoms. The Kier molecular flexibility index (Phi) is 4.04. The lowest BCUT2D eigenvalue weighted by Gasteiger charge is -2.06. The van der Waals surface area contributed by atoms with Crippen molar-refractivity contribution in [3.63, 3.8) is 0 Å². The Hall–Kier alpha value is -2.98. The molecule has 0 spiro atoms. The van der Waals surface area contributed by atoms with Crippen molar-refractivity contribution < 1.29 is 0 Å². The maximum absolute atomic E-state index is 5.78. The summed E-state index contributed by atoms with van der Waals surface area (Å²) in [5, 5.41) is 4.84. The molecule has 4 rings (SSSR count). The summed E-state index contributed by atoms with van der Waals surface area (Å²) in [7, 11) is 0. The van der Waals surface area contributed by atoms with Gasteiger partial charge in [0.15, 0.2) is 5.82 Å². The van der Waals surface area contributed by atoms with Crippen molar-refractivity contribution in [1.29, 1.82) is 0 Å². The fourth-order valence-electron chi connectivity index (χ4n) is 2.88. The number of benzene rings is 3. The third-order valence-corrected chi connectivity index (χ3v) is 4.43. The number of nitrogens with zero attached hydrogens (tertiary/aromatic N) is 3.